The topological polar surface area (TPSA) is 61.0 Å². The van der Waals surface area contributed by atoms with Crippen molar-refractivity contribution < 1.29 is 4.79 Å². The smallest absolute Gasteiger partial charge is 0.258 e. The van der Waals surface area contributed by atoms with Gasteiger partial charge in [0.1, 0.15) is 0 Å². The van der Waals surface area contributed by atoms with Crippen LogP contribution in [-0.4, -0.2) is 27.5 Å². The third-order valence-corrected chi connectivity index (χ3v) is 5.22. The van der Waals surface area contributed by atoms with E-state index < -0.39 is 0 Å². The van der Waals surface area contributed by atoms with Gasteiger partial charge in [0.25, 0.3) is 5.91 Å². The standard InChI is InChI=1S/C20H18Cl2N4O/c21-14-6-7-15(17(22)10-14)20(27)23-19-16-8-9-26(12-18(16)24-25-19)11-13-4-2-1-3-5-13/h1-7,10H,8-9,11-12H2,(H2,23,24,25,27). The molecule has 0 aliphatic carbocycles. The predicted molar refractivity (Wildman–Crippen MR) is 107 cm³/mol. The minimum absolute atomic E-state index is 0.294. The average molecular weight is 401 g/mol. The number of nitrogens with one attached hydrogen (secondary N) is 2. The molecule has 3 aromatic rings. The van der Waals surface area contributed by atoms with Gasteiger partial charge in [-0.15, -0.1) is 0 Å². The second kappa shape index (κ2) is 7.72. The van der Waals surface area contributed by atoms with Gasteiger partial charge < -0.3 is 5.32 Å². The van der Waals surface area contributed by atoms with Gasteiger partial charge in [-0.3, -0.25) is 14.8 Å². The molecule has 1 aromatic heterocycles. The molecule has 2 aromatic carbocycles. The first kappa shape index (κ1) is 18.0. The number of H-pyrrole nitrogens is 1. The zero-order valence-electron chi connectivity index (χ0n) is 14.5. The lowest BCUT2D eigenvalue weighted by molar-refractivity contribution is 0.102. The normalized spacial score (nSPS) is 14.0. The molecule has 1 aliphatic rings. The maximum atomic E-state index is 12.5. The molecule has 0 spiro atoms. The van der Waals surface area contributed by atoms with E-state index in [-0.39, 0.29) is 5.91 Å². The number of rotatable bonds is 4. The van der Waals surface area contributed by atoms with Crippen LogP contribution in [0, 0.1) is 0 Å². The van der Waals surface area contributed by atoms with E-state index in [1.807, 2.05) is 6.07 Å². The van der Waals surface area contributed by atoms with Crippen molar-refractivity contribution in [1.29, 1.82) is 0 Å². The summed E-state index contributed by atoms with van der Waals surface area (Å²) in [5.41, 5.74) is 3.75. The molecular weight excluding hydrogens is 383 g/mol. The molecule has 0 radical (unpaired) electrons. The number of amides is 1. The molecule has 0 bridgehead atoms. The Morgan fingerprint density at radius 2 is 2.00 bits per heavy atom. The van der Waals surface area contributed by atoms with Gasteiger partial charge in [0.2, 0.25) is 0 Å². The fraction of sp³-hybridized carbons (Fsp3) is 0.200. The van der Waals surface area contributed by atoms with E-state index in [2.05, 4.69) is 44.7 Å². The van der Waals surface area contributed by atoms with Crippen LogP contribution in [0.1, 0.15) is 27.2 Å². The third-order valence-electron chi connectivity index (χ3n) is 4.67. The number of anilines is 1. The summed E-state index contributed by atoms with van der Waals surface area (Å²) in [7, 11) is 0. The summed E-state index contributed by atoms with van der Waals surface area (Å²) in [4.78, 5) is 14.9. The molecule has 0 fully saturated rings. The van der Waals surface area contributed by atoms with E-state index in [1.54, 1.807) is 18.2 Å². The monoisotopic (exact) mass is 400 g/mol. The highest BCUT2D eigenvalue weighted by Gasteiger charge is 2.23. The Morgan fingerprint density at radius 1 is 1.19 bits per heavy atom. The number of carbonyl (C=O) groups is 1. The fourth-order valence-electron chi connectivity index (χ4n) is 3.30. The fourth-order valence-corrected chi connectivity index (χ4v) is 3.80. The van der Waals surface area contributed by atoms with Gasteiger partial charge in [-0.05, 0) is 30.2 Å². The summed E-state index contributed by atoms with van der Waals surface area (Å²) < 4.78 is 0. The van der Waals surface area contributed by atoms with Crippen molar-refractivity contribution in [3.63, 3.8) is 0 Å². The van der Waals surface area contributed by atoms with Crippen LogP contribution in [0.3, 0.4) is 0 Å². The van der Waals surface area contributed by atoms with Crippen LogP contribution in [0.15, 0.2) is 48.5 Å². The van der Waals surface area contributed by atoms with E-state index in [0.29, 0.717) is 21.4 Å². The van der Waals surface area contributed by atoms with Crippen LogP contribution in [0.2, 0.25) is 10.0 Å². The van der Waals surface area contributed by atoms with Crippen LogP contribution in [0.5, 0.6) is 0 Å². The Labute approximate surface area is 167 Å². The van der Waals surface area contributed by atoms with Gasteiger partial charge >= 0.3 is 0 Å². The Hall–Kier alpha value is -2.34. The molecular formula is C20H18Cl2N4O. The van der Waals surface area contributed by atoms with Gasteiger partial charge in [-0.1, -0.05) is 53.5 Å². The summed E-state index contributed by atoms with van der Waals surface area (Å²) in [6.07, 6.45) is 0.822. The number of hydrogen-bond acceptors (Lipinski definition) is 3. The summed E-state index contributed by atoms with van der Waals surface area (Å²) >= 11 is 12.0. The van der Waals surface area contributed by atoms with E-state index in [0.717, 1.165) is 37.3 Å². The van der Waals surface area contributed by atoms with Crippen LogP contribution >= 0.6 is 23.2 Å². The second-order valence-corrected chi connectivity index (χ2v) is 7.40. The van der Waals surface area contributed by atoms with Crippen molar-refractivity contribution in [3.05, 3.63) is 81.0 Å². The molecule has 7 heteroatoms. The van der Waals surface area contributed by atoms with Crippen molar-refractivity contribution in [2.45, 2.75) is 19.5 Å². The molecule has 0 saturated heterocycles. The molecule has 0 unspecified atom stereocenters. The number of nitrogens with zero attached hydrogens (tertiary/aromatic N) is 2. The minimum atomic E-state index is -0.294. The molecule has 27 heavy (non-hydrogen) atoms. The van der Waals surface area contributed by atoms with Gasteiger partial charge in [0, 0.05) is 30.2 Å². The van der Waals surface area contributed by atoms with E-state index in [1.165, 1.54) is 5.56 Å². The zero-order chi connectivity index (χ0) is 18.8. The predicted octanol–water partition coefficient (Wildman–Crippen LogP) is 4.53. The van der Waals surface area contributed by atoms with Crippen molar-refractivity contribution >= 4 is 34.9 Å². The van der Waals surface area contributed by atoms with Crippen molar-refractivity contribution in [1.82, 2.24) is 15.1 Å². The first-order valence-electron chi connectivity index (χ1n) is 8.69. The lowest BCUT2D eigenvalue weighted by Gasteiger charge is -2.26. The van der Waals surface area contributed by atoms with E-state index >= 15 is 0 Å². The number of aromatic amines is 1. The molecule has 2 heterocycles. The Morgan fingerprint density at radius 3 is 2.78 bits per heavy atom. The Balaban J connectivity index is 1.46. The summed E-state index contributed by atoms with van der Waals surface area (Å²) in [5.74, 6) is 0.276. The lowest BCUT2D eigenvalue weighted by atomic mass is 10.1. The quantitative estimate of drug-likeness (QED) is 0.676. The van der Waals surface area contributed by atoms with Gasteiger partial charge in [-0.2, -0.15) is 5.10 Å². The maximum Gasteiger partial charge on any atom is 0.258 e. The number of carbonyl (C=O) groups excluding carboxylic acids is 1. The molecule has 0 saturated carbocycles. The van der Waals surface area contributed by atoms with Gasteiger partial charge in [0.05, 0.1) is 16.3 Å². The molecule has 4 rings (SSSR count). The van der Waals surface area contributed by atoms with Crippen molar-refractivity contribution in [2.75, 3.05) is 11.9 Å². The number of aromatic nitrogens is 2. The van der Waals surface area contributed by atoms with Crippen molar-refractivity contribution in [3.8, 4) is 0 Å². The van der Waals surface area contributed by atoms with Gasteiger partial charge in [0.15, 0.2) is 5.82 Å². The highest BCUT2D eigenvalue weighted by atomic mass is 35.5. The molecule has 0 atom stereocenters. The summed E-state index contributed by atoms with van der Waals surface area (Å²) in [6, 6.07) is 15.2. The maximum absolute atomic E-state index is 12.5. The zero-order valence-corrected chi connectivity index (χ0v) is 16.0. The van der Waals surface area contributed by atoms with Crippen LogP contribution in [0.4, 0.5) is 5.82 Å². The number of hydrogen-bond donors (Lipinski definition) is 2. The SMILES string of the molecule is O=C(Nc1n[nH]c2c1CCN(Cc1ccccc1)C2)c1ccc(Cl)cc1Cl. The summed E-state index contributed by atoms with van der Waals surface area (Å²) in [6.45, 7) is 2.57. The van der Waals surface area contributed by atoms with Gasteiger partial charge in [-0.25, -0.2) is 0 Å². The van der Waals surface area contributed by atoms with E-state index in [9.17, 15) is 4.79 Å². The first-order valence-corrected chi connectivity index (χ1v) is 9.44. The van der Waals surface area contributed by atoms with Crippen LogP contribution in [0.25, 0.3) is 0 Å². The largest absolute Gasteiger partial charge is 0.305 e. The van der Waals surface area contributed by atoms with E-state index in [4.69, 9.17) is 23.2 Å². The number of benzene rings is 2. The molecule has 138 valence electrons. The number of halogens is 2. The molecule has 1 amide bonds. The highest BCUT2D eigenvalue weighted by Crippen LogP contribution is 2.26. The van der Waals surface area contributed by atoms with Crippen molar-refractivity contribution in [2.24, 2.45) is 0 Å². The first-order chi connectivity index (χ1) is 13.1. The Kier molecular flexibility index (Phi) is 5.16. The lowest BCUT2D eigenvalue weighted by Crippen LogP contribution is -2.30. The highest BCUT2D eigenvalue weighted by molar-refractivity contribution is 6.37. The summed E-state index contributed by atoms with van der Waals surface area (Å²) in [5, 5.41) is 11.0. The molecule has 2 N–H and O–H groups in total. The average Bonchev–Trinajstić information content (AvgIpc) is 3.04. The molecule has 1 aliphatic heterocycles. The number of fused-ring (bicyclic) bond motifs is 1. The van der Waals surface area contributed by atoms with Crippen LogP contribution < -0.4 is 5.32 Å². The Bertz CT molecular complexity index is 971. The second-order valence-electron chi connectivity index (χ2n) is 6.55. The third kappa shape index (κ3) is 4.00. The minimum Gasteiger partial charge on any atom is -0.305 e. The van der Waals surface area contributed by atoms with Crippen LogP contribution in [-0.2, 0) is 19.5 Å². The molecule has 5 nitrogen and oxygen atoms in total.